The molecule has 0 aliphatic heterocycles. The number of carboxylic acid groups (broad SMARTS) is 1. The van der Waals surface area contributed by atoms with Crippen molar-refractivity contribution in [2.45, 2.75) is 0 Å². The molecule has 0 saturated heterocycles. The van der Waals surface area contributed by atoms with E-state index >= 15 is 0 Å². The minimum atomic E-state index is -1.22. The molecule has 2 rings (SSSR count). The summed E-state index contributed by atoms with van der Waals surface area (Å²) in [6.07, 6.45) is 0. The average Bonchev–Trinajstić information content (AvgIpc) is 2.68. The molecule has 0 fully saturated rings. The summed E-state index contributed by atoms with van der Waals surface area (Å²) in [7, 11) is 0. The number of nitrogens with zero attached hydrogens (tertiary/aromatic N) is 2. The van der Waals surface area contributed by atoms with Crippen LogP contribution in [0.1, 0.15) is 10.7 Å². The molecular weight excluding hydrogens is 184 g/mol. The highest BCUT2D eigenvalue weighted by Gasteiger charge is 2.13. The number of hydrogen-bond donors (Lipinski definition) is 1. The van der Waals surface area contributed by atoms with Gasteiger partial charge >= 0.3 is 11.9 Å². The maximum absolute atomic E-state index is 10.4. The van der Waals surface area contributed by atoms with E-state index in [1.807, 2.05) is 6.07 Å². The third-order valence-corrected chi connectivity index (χ3v) is 1.63. The fraction of sp³-hybridized carbons (Fsp3) is 0. The van der Waals surface area contributed by atoms with Gasteiger partial charge in [0.25, 0.3) is 0 Å². The molecule has 0 spiro atoms. The molecule has 1 aromatic carbocycles. The van der Waals surface area contributed by atoms with Crippen LogP contribution < -0.4 is 0 Å². The summed E-state index contributed by atoms with van der Waals surface area (Å²) in [5, 5.41) is 15.5. The first kappa shape index (κ1) is 8.43. The highest BCUT2D eigenvalue weighted by atomic mass is 16.4. The molecule has 0 aliphatic carbocycles. The number of carbonyl (C=O) groups is 1. The van der Waals surface area contributed by atoms with Crippen LogP contribution in [0.3, 0.4) is 0 Å². The largest absolute Gasteiger partial charge is 0.474 e. The Morgan fingerprint density at radius 1 is 1.21 bits per heavy atom. The molecule has 5 nitrogen and oxygen atoms in total. The Hall–Kier alpha value is -2.17. The first-order valence-electron chi connectivity index (χ1n) is 3.89. The Bertz CT molecular complexity index is 450. The molecule has 0 bridgehead atoms. The van der Waals surface area contributed by atoms with Crippen LogP contribution in [0.25, 0.3) is 11.5 Å². The van der Waals surface area contributed by atoms with E-state index in [2.05, 4.69) is 10.2 Å². The highest BCUT2D eigenvalue weighted by Crippen LogP contribution is 2.16. The monoisotopic (exact) mass is 190 g/mol. The van der Waals surface area contributed by atoms with E-state index in [1.165, 1.54) is 0 Å². The Morgan fingerprint density at radius 3 is 2.50 bits per heavy atom. The van der Waals surface area contributed by atoms with Crippen molar-refractivity contribution in [1.29, 1.82) is 0 Å². The summed E-state index contributed by atoms with van der Waals surface area (Å²) in [6, 6.07) is 8.98. The van der Waals surface area contributed by atoms with Crippen molar-refractivity contribution in [2.75, 3.05) is 0 Å². The molecule has 0 saturated carbocycles. The van der Waals surface area contributed by atoms with E-state index in [0.717, 1.165) is 0 Å². The Balaban J connectivity index is 2.39. The molecule has 14 heavy (non-hydrogen) atoms. The van der Waals surface area contributed by atoms with Gasteiger partial charge in [0.1, 0.15) is 0 Å². The van der Waals surface area contributed by atoms with Gasteiger partial charge in [-0.25, -0.2) is 4.79 Å². The summed E-state index contributed by atoms with van der Waals surface area (Å²) in [5.74, 6) is -1.41. The van der Waals surface area contributed by atoms with E-state index in [0.29, 0.717) is 5.56 Å². The molecular formula is C9H6N2O3. The van der Waals surface area contributed by atoms with E-state index in [1.54, 1.807) is 24.3 Å². The molecule has 1 heterocycles. The van der Waals surface area contributed by atoms with Gasteiger partial charge in [-0.15, -0.1) is 10.2 Å². The first-order valence-corrected chi connectivity index (χ1v) is 3.89. The second-order valence-electron chi connectivity index (χ2n) is 2.58. The minimum Gasteiger partial charge on any atom is -0.474 e. The highest BCUT2D eigenvalue weighted by molar-refractivity contribution is 5.82. The zero-order valence-corrected chi connectivity index (χ0v) is 7.04. The third kappa shape index (κ3) is 1.47. The molecule has 2 aromatic rings. The topological polar surface area (TPSA) is 76.2 Å². The van der Waals surface area contributed by atoms with Crippen molar-refractivity contribution in [3.63, 3.8) is 0 Å². The van der Waals surface area contributed by atoms with Crippen LogP contribution in [0.15, 0.2) is 34.7 Å². The lowest BCUT2D eigenvalue weighted by atomic mass is 10.2. The standard InChI is InChI=1S/C9H6N2O3/c12-9(13)8-11-10-7(14-8)6-4-2-1-3-5-6/h1-5H,(H,12,13). The summed E-state index contributed by atoms with van der Waals surface area (Å²) >= 11 is 0. The molecule has 1 N–H and O–H groups in total. The summed E-state index contributed by atoms with van der Waals surface area (Å²) < 4.78 is 4.91. The van der Waals surface area contributed by atoms with Crippen molar-refractivity contribution >= 4 is 5.97 Å². The van der Waals surface area contributed by atoms with Crippen LogP contribution in [-0.4, -0.2) is 21.3 Å². The van der Waals surface area contributed by atoms with E-state index in [4.69, 9.17) is 9.52 Å². The number of aromatic nitrogens is 2. The van der Waals surface area contributed by atoms with Gasteiger partial charge in [-0.3, -0.25) is 0 Å². The predicted molar refractivity (Wildman–Crippen MR) is 46.7 cm³/mol. The average molecular weight is 190 g/mol. The Labute approximate surface area is 79.0 Å². The smallest absolute Gasteiger partial charge is 0.393 e. The molecule has 5 heteroatoms. The van der Waals surface area contributed by atoms with Crippen LogP contribution in [0.5, 0.6) is 0 Å². The second-order valence-corrected chi connectivity index (χ2v) is 2.58. The normalized spacial score (nSPS) is 10.0. The van der Waals surface area contributed by atoms with Crippen LogP contribution >= 0.6 is 0 Å². The minimum absolute atomic E-state index is 0.211. The fourth-order valence-corrected chi connectivity index (χ4v) is 1.01. The van der Waals surface area contributed by atoms with Crippen LogP contribution in [-0.2, 0) is 0 Å². The zero-order chi connectivity index (χ0) is 9.97. The second kappa shape index (κ2) is 3.29. The molecule has 0 aliphatic rings. The van der Waals surface area contributed by atoms with Gasteiger partial charge in [0.2, 0.25) is 5.89 Å². The van der Waals surface area contributed by atoms with Crippen molar-refractivity contribution in [2.24, 2.45) is 0 Å². The van der Waals surface area contributed by atoms with Crippen LogP contribution in [0.2, 0.25) is 0 Å². The molecule has 0 unspecified atom stereocenters. The van der Waals surface area contributed by atoms with Gasteiger partial charge in [0, 0.05) is 5.56 Å². The quantitative estimate of drug-likeness (QED) is 0.775. The lowest BCUT2D eigenvalue weighted by Crippen LogP contribution is -1.95. The summed E-state index contributed by atoms with van der Waals surface area (Å²) in [4.78, 5) is 10.4. The zero-order valence-electron chi connectivity index (χ0n) is 7.04. The maximum Gasteiger partial charge on any atom is 0.393 e. The van der Waals surface area contributed by atoms with E-state index in [-0.39, 0.29) is 5.89 Å². The van der Waals surface area contributed by atoms with Gasteiger partial charge in [0.15, 0.2) is 0 Å². The van der Waals surface area contributed by atoms with E-state index in [9.17, 15) is 4.79 Å². The molecule has 0 amide bonds. The predicted octanol–water partition coefficient (Wildman–Crippen LogP) is 1.43. The van der Waals surface area contributed by atoms with Gasteiger partial charge in [0.05, 0.1) is 0 Å². The fourth-order valence-electron chi connectivity index (χ4n) is 1.01. The Morgan fingerprint density at radius 2 is 1.93 bits per heavy atom. The van der Waals surface area contributed by atoms with Crippen molar-refractivity contribution in [3.8, 4) is 11.5 Å². The lowest BCUT2D eigenvalue weighted by Gasteiger charge is -1.90. The first-order chi connectivity index (χ1) is 6.77. The SMILES string of the molecule is O=C(O)c1nnc(-c2ccccc2)o1. The van der Waals surface area contributed by atoms with Crippen LogP contribution in [0.4, 0.5) is 0 Å². The number of aromatic carboxylic acids is 1. The Kier molecular flexibility index (Phi) is 1.98. The molecule has 1 aromatic heterocycles. The van der Waals surface area contributed by atoms with Crippen molar-refractivity contribution in [1.82, 2.24) is 10.2 Å². The number of rotatable bonds is 2. The van der Waals surface area contributed by atoms with Crippen LogP contribution in [0, 0.1) is 0 Å². The molecule has 0 radical (unpaired) electrons. The molecule has 0 atom stereocenters. The maximum atomic E-state index is 10.4. The summed E-state index contributed by atoms with van der Waals surface area (Å²) in [5.41, 5.74) is 0.701. The number of hydrogen-bond acceptors (Lipinski definition) is 4. The van der Waals surface area contributed by atoms with E-state index < -0.39 is 11.9 Å². The van der Waals surface area contributed by atoms with Crippen molar-refractivity contribution in [3.05, 3.63) is 36.2 Å². The lowest BCUT2D eigenvalue weighted by molar-refractivity contribution is 0.0654. The summed E-state index contributed by atoms with van der Waals surface area (Å²) in [6.45, 7) is 0. The molecule has 70 valence electrons. The van der Waals surface area contributed by atoms with Gasteiger partial charge < -0.3 is 9.52 Å². The number of benzene rings is 1. The van der Waals surface area contributed by atoms with Gasteiger partial charge in [-0.2, -0.15) is 0 Å². The van der Waals surface area contributed by atoms with Gasteiger partial charge in [-0.05, 0) is 12.1 Å². The van der Waals surface area contributed by atoms with Crippen molar-refractivity contribution < 1.29 is 14.3 Å². The number of carboxylic acids is 1. The van der Waals surface area contributed by atoms with Gasteiger partial charge in [-0.1, -0.05) is 18.2 Å². The third-order valence-electron chi connectivity index (χ3n) is 1.63.